The van der Waals surface area contributed by atoms with Crippen molar-refractivity contribution in [2.75, 3.05) is 5.75 Å². The molecule has 1 fully saturated rings. The highest BCUT2D eigenvalue weighted by Gasteiger charge is 2.18. The monoisotopic (exact) mass is 177 g/mol. The SMILES string of the molecule is NC(=O)NC1CSC(=S)N1. The summed E-state index contributed by atoms with van der Waals surface area (Å²) in [6.45, 7) is 0. The Balaban J connectivity index is 2.31. The quantitative estimate of drug-likeness (QED) is 0.477. The lowest BCUT2D eigenvalue weighted by molar-refractivity contribution is 0.245. The Hall–Kier alpha value is -0.490. The molecule has 1 atom stereocenters. The molecule has 56 valence electrons. The second-order valence-electron chi connectivity index (χ2n) is 1.80. The van der Waals surface area contributed by atoms with E-state index in [0.717, 1.165) is 5.75 Å². The predicted octanol–water partition coefficient (Wildman–Crippen LogP) is -0.398. The first-order chi connectivity index (χ1) is 4.68. The van der Waals surface area contributed by atoms with Crippen LogP contribution in [0.15, 0.2) is 0 Å². The van der Waals surface area contributed by atoms with E-state index in [9.17, 15) is 4.79 Å². The average Bonchev–Trinajstić information content (AvgIpc) is 2.13. The van der Waals surface area contributed by atoms with Crippen LogP contribution in [0.25, 0.3) is 0 Å². The Morgan fingerprint density at radius 2 is 2.70 bits per heavy atom. The molecule has 1 aliphatic heterocycles. The number of carbonyl (C=O) groups is 1. The number of nitrogens with two attached hydrogens (primary N) is 1. The molecule has 0 aromatic rings. The van der Waals surface area contributed by atoms with Crippen molar-refractivity contribution in [3.05, 3.63) is 0 Å². The molecule has 1 aliphatic rings. The molecule has 1 unspecified atom stereocenters. The Morgan fingerprint density at radius 1 is 2.00 bits per heavy atom. The molecular weight excluding hydrogens is 170 g/mol. The number of thioether (sulfide) groups is 1. The third-order valence-electron chi connectivity index (χ3n) is 0.990. The highest BCUT2D eigenvalue weighted by atomic mass is 32.2. The predicted molar refractivity (Wildman–Crippen MR) is 44.7 cm³/mol. The number of rotatable bonds is 1. The van der Waals surface area contributed by atoms with Crippen LogP contribution in [0.4, 0.5) is 4.79 Å². The highest BCUT2D eigenvalue weighted by Crippen LogP contribution is 2.10. The minimum Gasteiger partial charge on any atom is -0.352 e. The second kappa shape index (κ2) is 3.07. The first-order valence-corrected chi connectivity index (χ1v) is 4.07. The Morgan fingerprint density at radius 3 is 3.10 bits per heavy atom. The maximum atomic E-state index is 10.3. The zero-order chi connectivity index (χ0) is 7.56. The van der Waals surface area contributed by atoms with Gasteiger partial charge in [0, 0.05) is 5.75 Å². The van der Waals surface area contributed by atoms with E-state index in [1.165, 1.54) is 11.8 Å². The fourth-order valence-corrected chi connectivity index (χ4v) is 1.69. The summed E-state index contributed by atoms with van der Waals surface area (Å²) in [5.41, 5.74) is 4.88. The minimum atomic E-state index is -0.525. The average molecular weight is 177 g/mol. The van der Waals surface area contributed by atoms with Crippen LogP contribution in [0.3, 0.4) is 0 Å². The molecule has 1 saturated heterocycles. The smallest absolute Gasteiger partial charge is 0.313 e. The number of hydrogen-bond donors (Lipinski definition) is 3. The van der Waals surface area contributed by atoms with Crippen molar-refractivity contribution in [1.82, 2.24) is 10.6 Å². The van der Waals surface area contributed by atoms with E-state index in [4.69, 9.17) is 18.0 Å². The maximum absolute atomic E-state index is 10.3. The van der Waals surface area contributed by atoms with Gasteiger partial charge in [-0.15, -0.1) is 0 Å². The highest BCUT2D eigenvalue weighted by molar-refractivity contribution is 8.23. The van der Waals surface area contributed by atoms with Gasteiger partial charge in [-0.1, -0.05) is 24.0 Å². The van der Waals surface area contributed by atoms with Crippen LogP contribution < -0.4 is 16.4 Å². The molecule has 4 nitrogen and oxygen atoms in total. The minimum absolute atomic E-state index is 0.0880. The van der Waals surface area contributed by atoms with Crippen LogP contribution in [0.1, 0.15) is 0 Å². The molecule has 1 rings (SSSR count). The summed E-state index contributed by atoms with van der Waals surface area (Å²) in [4.78, 5) is 10.3. The lowest BCUT2D eigenvalue weighted by Crippen LogP contribution is -2.46. The van der Waals surface area contributed by atoms with Crippen molar-refractivity contribution >= 4 is 34.3 Å². The van der Waals surface area contributed by atoms with Gasteiger partial charge in [0.25, 0.3) is 0 Å². The number of nitrogens with one attached hydrogen (secondary N) is 2. The van der Waals surface area contributed by atoms with Crippen LogP contribution in [-0.2, 0) is 0 Å². The molecule has 0 spiro atoms. The van der Waals surface area contributed by atoms with Crippen LogP contribution in [0.5, 0.6) is 0 Å². The Kier molecular flexibility index (Phi) is 2.34. The Bertz CT molecular complexity index is 172. The number of carbonyl (C=O) groups excluding carboxylic acids is 1. The van der Waals surface area contributed by atoms with Gasteiger partial charge in [-0.3, -0.25) is 0 Å². The first-order valence-electron chi connectivity index (χ1n) is 2.68. The zero-order valence-electron chi connectivity index (χ0n) is 5.09. The van der Waals surface area contributed by atoms with Gasteiger partial charge >= 0.3 is 6.03 Å². The summed E-state index contributed by atoms with van der Waals surface area (Å²) >= 11 is 6.31. The van der Waals surface area contributed by atoms with E-state index >= 15 is 0 Å². The number of amides is 2. The van der Waals surface area contributed by atoms with Gasteiger partial charge < -0.3 is 16.4 Å². The van der Waals surface area contributed by atoms with E-state index in [1.54, 1.807) is 0 Å². The lowest BCUT2D eigenvalue weighted by atomic mass is 10.6. The fourth-order valence-electron chi connectivity index (χ4n) is 0.634. The molecule has 0 aromatic heterocycles. The van der Waals surface area contributed by atoms with Crippen molar-refractivity contribution < 1.29 is 4.79 Å². The molecule has 1 heterocycles. The van der Waals surface area contributed by atoms with E-state index < -0.39 is 6.03 Å². The topological polar surface area (TPSA) is 67.2 Å². The van der Waals surface area contributed by atoms with Gasteiger partial charge in [0.05, 0.1) is 0 Å². The van der Waals surface area contributed by atoms with Crippen LogP contribution >= 0.6 is 24.0 Å². The normalized spacial score (nSPS) is 24.0. The number of thiocarbonyl (C=S) groups is 1. The molecule has 4 N–H and O–H groups in total. The lowest BCUT2D eigenvalue weighted by Gasteiger charge is -2.08. The van der Waals surface area contributed by atoms with Gasteiger partial charge in [0.15, 0.2) is 0 Å². The van der Waals surface area contributed by atoms with E-state index in [0.29, 0.717) is 4.32 Å². The first kappa shape index (κ1) is 7.62. The van der Waals surface area contributed by atoms with Crippen molar-refractivity contribution in [2.24, 2.45) is 5.73 Å². The molecule has 0 saturated carbocycles. The third-order valence-corrected chi connectivity index (χ3v) is 2.34. The second-order valence-corrected chi connectivity index (χ2v) is 3.50. The van der Waals surface area contributed by atoms with Crippen molar-refractivity contribution in [1.29, 1.82) is 0 Å². The molecule has 10 heavy (non-hydrogen) atoms. The summed E-state index contributed by atoms with van der Waals surface area (Å²) in [5.74, 6) is 0.752. The summed E-state index contributed by atoms with van der Waals surface area (Å²) < 4.78 is 0.707. The molecule has 0 aromatic carbocycles. The molecule has 6 heteroatoms. The van der Waals surface area contributed by atoms with Gasteiger partial charge in [0.2, 0.25) is 0 Å². The van der Waals surface area contributed by atoms with Gasteiger partial charge in [-0.05, 0) is 0 Å². The molecule has 0 aliphatic carbocycles. The van der Waals surface area contributed by atoms with Crippen molar-refractivity contribution in [3.8, 4) is 0 Å². The number of hydrogen-bond acceptors (Lipinski definition) is 3. The molecular formula is C4H7N3OS2. The van der Waals surface area contributed by atoms with E-state index in [1.807, 2.05) is 0 Å². The fraction of sp³-hybridized carbons (Fsp3) is 0.500. The standard InChI is InChI=1S/C4H7N3OS2/c5-3(8)6-2-1-10-4(9)7-2/h2H,1H2,(H,7,9)(H3,5,6,8). The van der Waals surface area contributed by atoms with Crippen molar-refractivity contribution in [2.45, 2.75) is 6.17 Å². The summed E-state index contributed by atoms with van der Waals surface area (Å²) in [5, 5.41) is 5.36. The van der Waals surface area contributed by atoms with Crippen LogP contribution in [-0.4, -0.2) is 22.3 Å². The van der Waals surface area contributed by atoms with E-state index in [2.05, 4.69) is 10.6 Å². The van der Waals surface area contributed by atoms with Crippen molar-refractivity contribution in [3.63, 3.8) is 0 Å². The maximum Gasteiger partial charge on any atom is 0.313 e. The summed E-state index contributed by atoms with van der Waals surface area (Å²) in [7, 11) is 0. The van der Waals surface area contributed by atoms with Gasteiger partial charge in [-0.25, -0.2) is 4.79 Å². The zero-order valence-corrected chi connectivity index (χ0v) is 6.72. The molecule has 0 bridgehead atoms. The number of urea groups is 1. The Labute approximate surface area is 67.9 Å². The third kappa shape index (κ3) is 2.03. The molecule has 2 amide bonds. The summed E-state index contributed by atoms with van der Waals surface area (Å²) in [6.07, 6.45) is -0.0880. The largest absolute Gasteiger partial charge is 0.352 e. The van der Waals surface area contributed by atoms with Gasteiger partial charge in [-0.2, -0.15) is 0 Å². The number of primary amides is 1. The molecule has 0 radical (unpaired) electrons. The van der Waals surface area contributed by atoms with Gasteiger partial charge in [0.1, 0.15) is 10.5 Å². The van der Waals surface area contributed by atoms with Crippen LogP contribution in [0, 0.1) is 0 Å². The van der Waals surface area contributed by atoms with E-state index in [-0.39, 0.29) is 6.17 Å². The summed E-state index contributed by atoms with van der Waals surface area (Å²) in [6, 6.07) is -0.525. The van der Waals surface area contributed by atoms with Crippen LogP contribution in [0.2, 0.25) is 0 Å².